The van der Waals surface area contributed by atoms with Gasteiger partial charge in [-0.1, -0.05) is 25.8 Å². The smallest absolute Gasteiger partial charge is 0.338 e. The van der Waals surface area contributed by atoms with Gasteiger partial charge in [0.05, 0.1) is 5.56 Å². The first-order chi connectivity index (χ1) is 11.5. The highest BCUT2D eigenvalue weighted by Gasteiger charge is 2.23. The molecule has 0 spiro atoms. The standard InChI is InChI=1S/C17H21FN2O4/c1-11-5-2-3-8-14(11)19-17(23)20-15(21)10-24-16(22)12-6-4-7-13(18)9-12/h4,6-7,9,11,14H,2-3,5,8,10H2,1H3,(H2,19,20,21,23)/t11-,14-/m1/s1. The molecular formula is C17H21FN2O4. The summed E-state index contributed by atoms with van der Waals surface area (Å²) >= 11 is 0. The molecule has 1 aromatic carbocycles. The van der Waals surface area contributed by atoms with Gasteiger partial charge in [0.1, 0.15) is 5.82 Å². The Morgan fingerprint density at radius 2 is 2.00 bits per heavy atom. The molecule has 0 aliphatic heterocycles. The van der Waals surface area contributed by atoms with Crippen molar-refractivity contribution in [2.75, 3.05) is 6.61 Å². The fraction of sp³-hybridized carbons (Fsp3) is 0.471. The van der Waals surface area contributed by atoms with Crippen LogP contribution in [0.1, 0.15) is 43.0 Å². The summed E-state index contributed by atoms with van der Waals surface area (Å²) in [6.07, 6.45) is 4.13. The van der Waals surface area contributed by atoms with Crippen molar-refractivity contribution in [2.24, 2.45) is 5.92 Å². The van der Waals surface area contributed by atoms with Crippen molar-refractivity contribution in [3.05, 3.63) is 35.6 Å². The molecule has 2 atom stereocenters. The average molecular weight is 336 g/mol. The maximum atomic E-state index is 13.0. The van der Waals surface area contributed by atoms with Gasteiger partial charge in [-0.05, 0) is 37.0 Å². The van der Waals surface area contributed by atoms with Gasteiger partial charge in [-0.15, -0.1) is 0 Å². The molecule has 1 fully saturated rings. The van der Waals surface area contributed by atoms with E-state index < -0.39 is 30.3 Å². The van der Waals surface area contributed by atoms with E-state index in [0.29, 0.717) is 5.92 Å². The minimum Gasteiger partial charge on any atom is -0.452 e. The zero-order chi connectivity index (χ0) is 17.5. The van der Waals surface area contributed by atoms with Crippen LogP contribution in [0.2, 0.25) is 0 Å². The molecule has 6 nitrogen and oxygen atoms in total. The molecule has 0 radical (unpaired) electrons. The molecule has 7 heteroatoms. The van der Waals surface area contributed by atoms with Crippen molar-refractivity contribution < 1.29 is 23.5 Å². The number of halogens is 1. The van der Waals surface area contributed by atoms with Crippen molar-refractivity contribution >= 4 is 17.9 Å². The maximum absolute atomic E-state index is 13.0. The summed E-state index contributed by atoms with van der Waals surface area (Å²) in [7, 11) is 0. The molecule has 0 aromatic heterocycles. The van der Waals surface area contributed by atoms with E-state index in [9.17, 15) is 18.8 Å². The molecule has 1 aromatic rings. The Kier molecular flexibility index (Phi) is 6.28. The number of rotatable bonds is 4. The Labute approximate surface area is 139 Å². The summed E-state index contributed by atoms with van der Waals surface area (Å²) in [5.74, 6) is -1.77. The van der Waals surface area contributed by atoms with Crippen LogP contribution in [0.5, 0.6) is 0 Å². The Balaban J connectivity index is 1.74. The molecule has 24 heavy (non-hydrogen) atoms. The fourth-order valence-electron chi connectivity index (χ4n) is 2.73. The van der Waals surface area contributed by atoms with Crippen LogP contribution in [0, 0.1) is 11.7 Å². The number of hydrogen-bond acceptors (Lipinski definition) is 4. The van der Waals surface area contributed by atoms with E-state index in [-0.39, 0.29) is 11.6 Å². The number of urea groups is 1. The predicted molar refractivity (Wildman–Crippen MR) is 84.8 cm³/mol. The van der Waals surface area contributed by atoms with Gasteiger partial charge in [-0.25, -0.2) is 14.0 Å². The largest absolute Gasteiger partial charge is 0.452 e. The van der Waals surface area contributed by atoms with E-state index in [1.807, 2.05) is 0 Å². The summed E-state index contributed by atoms with van der Waals surface area (Å²) in [5.41, 5.74) is 0.00304. The molecule has 0 unspecified atom stereocenters. The van der Waals surface area contributed by atoms with Gasteiger partial charge in [0.25, 0.3) is 5.91 Å². The number of esters is 1. The Bertz CT molecular complexity index is 620. The normalized spacial score (nSPS) is 20.1. The Morgan fingerprint density at radius 3 is 2.71 bits per heavy atom. The van der Waals surface area contributed by atoms with Crippen LogP contribution in [-0.2, 0) is 9.53 Å². The minimum atomic E-state index is -0.828. The molecule has 1 aliphatic rings. The first kappa shape index (κ1) is 17.9. The topological polar surface area (TPSA) is 84.5 Å². The second kappa shape index (κ2) is 8.42. The summed E-state index contributed by atoms with van der Waals surface area (Å²) in [5, 5.41) is 4.89. The second-order valence-corrected chi connectivity index (χ2v) is 5.98. The van der Waals surface area contributed by atoms with Crippen LogP contribution in [0.15, 0.2) is 24.3 Å². The van der Waals surface area contributed by atoms with Gasteiger partial charge >= 0.3 is 12.0 Å². The molecular weight excluding hydrogens is 315 g/mol. The lowest BCUT2D eigenvalue weighted by atomic mass is 9.86. The molecule has 0 bridgehead atoms. The van der Waals surface area contributed by atoms with Crippen LogP contribution in [0.4, 0.5) is 9.18 Å². The van der Waals surface area contributed by atoms with Crippen LogP contribution in [0.3, 0.4) is 0 Å². The molecule has 2 rings (SSSR count). The van der Waals surface area contributed by atoms with Crippen molar-refractivity contribution in [1.82, 2.24) is 10.6 Å². The zero-order valence-corrected chi connectivity index (χ0v) is 13.5. The van der Waals surface area contributed by atoms with E-state index in [0.717, 1.165) is 31.7 Å². The monoisotopic (exact) mass is 336 g/mol. The number of hydrogen-bond donors (Lipinski definition) is 2. The first-order valence-electron chi connectivity index (χ1n) is 7.98. The van der Waals surface area contributed by atoms with Crippen LogP contribution in [0.25, 0.3) is 0 Å². The molecule has 1 saturated carbocycles. The maximum Gasteiger partial charge on any atom is 0.338 e. The van der Waals surface area contributed by atoms with Crippen molar-refractivity contribution in [2.45, 2.75) is 38.6 Å². The fourth-order valence-corrected chi connectivity index (χ4v) is 2.73. The van der Waals surface area contributed by atoms with Gasteiger partial charge in [-0.2, -0.15) is 0 Å². The summed E-state index contributed by atoms with van der Waals surface area (Å²) in [4.78, 5) is 35.1. The lowest BCUT2D eigenvalue weighted by Gasteiger charge is -2.29. The van der Waals surface area contributed by atoms with Gasteiger partial charge in [-0.3, -0.25) is 10.1 Å². The van der Waals surface area contributed by atoms with Crippen molar-refractivity contribution in [3.63, 3.8) is 0 Å². The number of nitrogens with one attached hydrogen (secondary N) is 2. The highest BCUT2D eigenvalue weighted by Crippen LogP contribution is 2.23. The molecule has 0 saturated heterocycles. The number of carbonyl (C=O) groups excluding carboxylic acids is 3. The van der Waals surface area contributed by atoms with Crippen LogP contribution >= 0.6 is 0 Å². The molecule has 1 aliphatic carbocycles. The van der Waals surface area contributed by atoms with Crippen LogP contribution in [-0.4, -0.2) is 30.6 Å². The van der Waals surface area contributed by atoms with E-state index in [4.69, 9.17) is 4.74 Å². The molecule has 3 amide bonds. The van der Waals surface area contributed by atoms with E-state index in [1.165, 1.54) is 18.2 Å². The highest BCUT2D eigenvalue weighted by atomic mass is 19.1. The number of amides is 3. The van der Waals surface area contributed by atoms with Gasteiger partial charge in [0.15, 0.2) is 6.61 Å². The van der Waals surface area contributed by atoms with Crippen molar-refractivity contribution in [3.8, 4) is 0 Å². The number of ether oxygens (including phenoxy) is 1. The van der Waals surface area contributed by atoms with Gasteiger partial charge in [0, 0.05) is 6.04 Å². The third-order valence-electron chi connectivity index (χ3n) is 4.08. The highest BCUT2D eigenvalue weighted by molar-refractivity contribution is 5.97. The van der Waals surface area contributed by atoms with Gasteiger partial charge in [0.2, 0.25) is 0 Å². The summed E-state index contributed by atoms with van der Waals surface area (Å²) < 4.78 is 17.8. The van der Waals surface area contributed by atoms with Gasteiger partial charge < -0.3 is 10.1 Å². The van der Waals surface area contributed by atoms with E-state index in [1.54, 1.807) is 0 Å². The lowest BCUT2D eigenvalue weighted by molar-refractivity contribution is -0.123. The van der Waals surface area contributed by atoms with E-state index >= 15 is 0 Å². The van der Waals surface area contributed by atoms with E-state index in [2.05, 4.69) is 17.6 Å². The summed E-state index contributed by atoms with van der Waals surface area (Å²) in [6, 6.07) is 4.39. The van der Waals surface area contributed by atoms with Crippen molar-refractivity contribution in [1.29, 1.82) is 0 Å². The molecule has 130 valence electrons. The molecule has 0 heterocycles. The quantitative estimate of drug-likeness (QED) is 0.827. The SMILES string of the molecule is C[C@@H]1CCCC[C@H]1NC(=O)NC(=O)COC(=O)c1cccc(F)c1. The number of imide groups is 1. The molecule has 2 N–H and O–H groups in total. The summed E-state index contributed by atoms with van der Waals surface area (Å²) in [6.45, 7) is 1.45. The predicted octanol–water partition coefficient (Wildman–Crippen LogP) is 2.39. The minimum absolute atomic E-state index is 0.00304. The second-order valence-electron chi connectivity index (χ2n) is 5.98. The lowest BCUT2D eigenvalue weighted by Crippen LogP contribution is -2.48. The Morgan fingerprint density at radius 1 is 1.25 bits per heavy atom. The number of carbonyl (C=O) groups is 3. The average Bonchev–Trinajstić information content (AvgIpc) is 2.54. The first-order valence-corrected chi connectivity index (χ1v) is 7.98. The number of benzene rings is 1. The Hall–Kier alpha value is -2.44. The zero-order valence-electron chi connectivity index (χ0n) is 13.5. The third-order valence-corrected chi connectivity index (χ3v) is 4.08. The third kappa shape index (κ3) is 5.33. The van der Waals surface area contributed by atoms with Crippen LogP contribution < -0.4 is 10.6 Å².